The number of nitrogens with two attached hydrogens (primary N) is 1. The van der Waals surface area contributed by atoms with Crippen molar-refractivity contribution in [3.05, 3.63) is 40.9 Å². The van der Waals surface area contributed by atoms with Crippen LogP contribution in [0.3, 0.4) is 0 Å². The number of anilines is 1. The zero-order chi connectivity index (χ0) is 13.3. The van der Waals surface area contributed by atoms with E-state index in [9.17, 15) is 4.39 Å². The molecule has 18 heavy (non-hydrogen) atoms. The van der Waals surface area contributed by atoms with E-state index in [0.717, 1.165) is 5.56 Å². The van der Waals surface area contributed by atoms with Gasteiger partial charge in [-0.1, -0.05) is 25.4 Å². The van der Waals surface area contributed by atoms with Gasteiger partial charge in [-0.15, -0.1) is 0 Å². The summed E-state index contributed by atoms with van der Waals surface area (Å²) in [6.45, 7) is 3.96. The molecule has 0 radical (unpaired) electrons. The molecule has 0 aliphatic rings. The Morgan fingerprint density at radius 2 is 1.94 bits per heavy atom. The number of aromatic nitrogens is 2. The lowest BCUT2D eigenvalue weighted by atomic mass is 10.1. The summed E-state index contributed by atoms with van der Waals surface area (Å²) in [7, 11) is 0. The monoisotopic (exact) mass is 265 g/mol. The van der Waals surface area contributed by atoms with Crippen LogP contribution in [-0.4, -0.2) is 9.97 Å². The minimum atomic E-state index is -0.452. The lowest BCUT2D eigenvalue weighted by molar-refractivity contribution is 0.628. The number of nitrogens with zero attached hydrogens (tertiary/aromatic N) is 2. The van der Waals surface area contributed by atoms with Gasteiger partial charge in [0.25, 0.3) is 0 Å². The van der Waals surface area contributed by atoms with Crippen LogP contribution < -0.4 is 5.73 Å². The molecule has 1 aromatic heterocycles. The zero-order valence-corrected chi connectivity index (χ0v) is 10.9. The van der Waals surface area contributed by atoms with Gasteiger partial charge >= 0.3 is 0 Å². The van der Waals surface area contributed by atoms with Gasteiger partial charge < -0.3 is 5.73 Å². The standard InChI is InChI=1S/C13H13ClFN3/c1-7(2)13-17-11(6-12(16)18-13)8-3-4-10(15)9(14)5-8/h3-7H,1-2H3,(H2,16,17,18). The maximum Gasteiger partial charge on any atom is 0.141 e. The Morgan fingerprint density at radius 3 is 2.56 bits per heavy atom. The van der Waals surface area contributed by atoms with Gasteiger partial charge in [-0.2, -0.15) is 0 Å². The summed E-state index contributed by atoms with van der Waals surface area (Å²) >= 11 is 5.76. The average molecular weight is 266 g/mol. The number of hydrogen-bond acceptors (Lipinski definition) is 3. The van der Waals surface area contributed by atoms with Gasteiger partial charge in [0.15, 0.2) is 0 Å². The third-order valence-electron chi connectivity index (χ3n) is 2.50. The second-order valence-corrected chi connectivity index (χ2v) is 4.73. The van der Waals surface area contributed by atoms with Crippen LogP contribution in [0.25, 0.3) is 11.3 Å². The first-order valence-electron chi connectivity index (χ1n) is 5.57. The number of halogens is 2. The van der Waals surface area contributed by atoms with Gasteiger partial charge in [-0.25, -0.2) is 14.4 Å². The van der Waals surface area contributed by atoms with Crippen LogP contribution in [0.15, 0.2) is 24.3 Å². The highest BCUT2D eigenvalue weighted by Crippen LogP contribution is 2.25. The Balaban J connectivity index is 2.53. The molecule has 0 saturated carbocycles. The first-order valence-corrected chi connectivity index (χ1v) is 5.95. The third kappa shape index (κ3) is 2.59. The van der Waals surface area contributed by atoms with Gasteiger partial charge in [0.2, 0.25) is 0 Å². The zero-order valence-electron chi connectivity index (χ0n) is 10.1. The van der Waals surface area contributed by atoms with Gasteiger partial charge in [0.1, 0.15) is 17.5 Å². The Bertz CT molecular complexity index is 584. The summed E-state index contributed by atoms with van der Waals surface area (Å²) in [6, 6.07) is 6.11. The third-order valence-corrected chi connectivity index (χ3v) is 2.78. The molecular weight excluding hydrogens is 253 g/mol. The molecule has 0 aliphatic carbocycles. The molecule has 2 rings (SSSR count). The van der Waals surface area contributed by atoms with Gasteiger partial charge in [0.05, 0.1) is 10.7 Å². The van der Waals surface area contributed by atoms with Crippen molar-refractivity contribution in [2.75, 3.05) is 5.73 Å². The van der Waals surface area contributed by atoms with E-state index >= 15 is 0 Å². The molecule has 0 unspecified atom stereocenters. The molecule has 1 aromatic carbocycles. The van der Waals surface area contributed by atoms with Gasteiger partial charge in [0, 0.05) is 17.5 Å². The number of nitrogen functional groups attached to an aromatic ring is 1. The minimum Gasteiger partial charge on any atom is -0.384 e. The van der Waals surface area contributed by atoms with E-state index in [1.165, 1.54) is 12.1 Å². The van der Waals surface area contributed by atoms with Crippen molar-refractivity contribution >= 4 is 17.4 Å². The first-order chi connectivity index (χ1) is 8.47. The van der Waals surface area contributed by atoms with E-state index in [1.807, 2.05) is 13.8 Å². The van der Waals surface area contributed by atoms with Crippen molar-refractivity contribution in [2.45, 2.75) is 19.8 Å². The molecule has 0 amide bonds. The maximum absolute atomic E-state index is 13.1. The van der Waals surface area contributed by atoms with E-state index in [-0.39, 0.29) is 10.9 Å². The molecule has 0 atom stereocenters. The number of hydrogen-bond donors (Lipinski definition) is 1. The van der Waals surface area contributed by atoms with Crippen molar-refractivity contribution in [3.8, 4) is 11.3 Å². The fraction of sp³-hybridized carbons (Fsp3) is 0.231. The topological polar surface area (TPSA) is 51.8 Å². The highest BCUT2D eigenvalue weighted by molar-refractivity contribution is 6.31. The Labute approximate surface area is 110 Å². The summed E-state index contributed by atoms with van der Waals surface area (Å²) in [4.78, 5) is 8.56. The molecule has 1 heterocycles. The maximum atomic E-state index is 13.1. The minimum absolute atomic E-state index is 0.0655. The molecule has 0 aliphatic heterocycles. The van der Waals surface area contributed by atoms with Crippen LogP contribution in [0.5, 0.6) is 0 Å². The lowest BCUT2D eigenvalue weighted by Gasteiger charge is -2.08. The number of rotatable bonds is 2. The van der Waals surface area contributed by atoms with Gasteiger partial charge in [-0.05, 0) is 18.2 Å². The molecule has 5 heteroatoms. The fourth-order valence-corrected chi connectivity index (χ4v) is 1.73. The Morgan fingerprint density at radius 1 is 1.22 bits per heavy atom. The van der Waals surface area contributed by atoms with Crippen LogP contribution in [0.1, 0.15) is 25.6 Å². The molecule has 2 aromatic rings. The van der Waals surface area contributed by atoms with Crippen LogP contribution in [-0.2, 0) is 0 Å². The van der Waals surface area contributed by atoms with E-state index < -0.39 is 5.82 Å². The molecule has 2 N–H and O–H groups in total. The Kier molecular flexibility index (Phi) is 3.48. The lowest BCUT2D eigenvalue weighted by Crippen LogP contribution is -2.02. The largest absolute Gasteiger partial charge is 0.384 e. The second-order valence-electron chi connectivity index (χ2n) is 4.32. The highest BCUT2D eigenvalue weighted by atomic mass is 35.5. The van der Waals surface area contributed by atoms with Crippen LogP contribution >= 0.6 is 11.6 Å². The quantitative estimate of drug-likeness (QED) is 0.902. The second kappa shape index (κ2) is 4.90. The van der Waals surface area contributed by atoms with Crippen LogP contribution in [0, 0.1) is 5.82 Å². The van der Waals surface area contributed by atoms with Crippen molar-refractivity contribution < 1.29 is 4.39 Å². The van der Waals surface area contributed by atoms with Crippen LogP contribution in [0.2, 0.25) is 5.02 Å². The first kappa shape index (κ1) is 12.8. The normalized spacial score (nSPS) is 10.9. The van der Waals surface area contributed by atoms with Crippen molar-refractivity contribution in [1.82, 2.24) is 9.97 Å². The van der Waals surface area contributed by atoms with Crippen molar-refractivity contribution in [1.29, 1.82) is 0 Å². The van der Waals surface area contributed by atoms with Gasteiger partial charge in [-0.3, -0.25) is 0 Å². The van der Waals surface area contributed by atoms with Crippen molar-refractivity contribution in [3.63, 3.8) is 0 Å². The predicted octanol–water partition coefficient (Wildman–Crippen LogP) is 3.64. The van der Waals surface area contributed by atoms with Crippen molar-refractivity contribution in [2.24, 2.45) is 0 Å². The van der Waals surface area contributed by atoms with E-state index in [4.69, 9.17) is 17.3 Å². The summed E-state index contributed by atoms with van der Waals surface area (Å²) in [5.41, 5.74) is 7.11. The molecule has 94 valence electrons. The van der Waals surface area contributed by atoms with E-state index in [0.29, 0.717) is 17.3 Å². The summed E-state index contributed by atoms with van der Waals surface area (Å²) in [5.74, 6) is 0.768. The highest BCUT2D eigenvalue weighted by Gasteiger charge is 2.09. The summed E-state index contributed by atoms with van der Waals surface area (Å²) in [6.07, 6.45) is 0. The molecule has 0 bridgehead atoms. The molecule has 3 nitrogen and oxygen atoms in total. The predicted molar refractivity (Wildman–Crippen MR) is 70.9 cm³/mol. The molecule has 0 fully saturated rings. The Hall–Kier alpha value is -1.68. The summed E-state index contributed by atoms with van der Waals surface area (Å²) in [5, 5.41) is 0.0655. The van der Waals surface area contributed by atoms with E-state index in [1.54, 1.807) is 12.1 Å². The van der Waals surface area contributed by atoms with Crippen LogP contribution in [0.4, 0.5) is 10.2 Å². The van der Waals surface area contributed by atoms with E-state index in [2.05, 4.69) is 9.97 Å². The number of benzene rings is 1. The average Bonchev–Trinajstić information content (AvgIpc) is 2.31. The fourth-order valence-electron chi connectivity index (χ4n) is 1.55. The SMILES string of the molecule is CC(C)c1nc(N)cc(-c2ccc(F)c(Cl)c2)n1. The smallest absolute Gasteiger partial charge is 0.141 e. The molecular formula is C13H13ClFN3. The molecule has 0 saturated heterocycles. The summed E-state index contributed by atoms with van der Waals surface area (Å²) < 4.78 is 13.1. The molecule has 0 spiro atoms.